The predicted octanol–water partition coefficient (Wildman–Crippen LogP) is 2.31. The minimum atomic E-state index is -3.40. The van der Waals surface area contributed by atoms with Crippen molar-refractivity contribution >= 4 is 10.0 Å². The summed E-state index contributed by atoms with van der Waals surface area (Å²) in [6.07, 6.45) is 5.48. The summed E-state index contributed by atoms with van der Waals surface area (Å²) in [5.41, 5.74) is 1.21. The Balaban J connectivity index is 1.44. The molecule has 2 saturated heterocycles. The first-order valence-corrected chi connectivity index (χ1v) is 10.8. The van der Waals surface area contributed by atoms with E-state index in [1.165, 1.54) is 5.56 Å². The van der Waals surface area contributed by atoms with Crippen LogP contribution in [0.3, 0.4) is 0 Å². The number of hydrogen-bond acceptors (Lipinski definition) is 5. The molecular weight excluding hydrogens is 362 g/mol. The Labute approximate surface area is 160 Å². The molecule has 4 rings (SSSR count). The summed E-state index contributed by atoms with van der Waals surface area (Å²) in [5.74, 6) is 0. The van der Waals surface area contributed by atoms with E-state index in [0.29, 0.717) is 24.0 Å². The monoisotopic (exact) mass is 387 g/mol. The fraction of sp³-hybridized carbons (Fsp3) is 0.450. The molecule has 2 aliphatic rings. The highest BCUT2D eigenvalue weighted by Crippen LogP contribution is 2.39. The smallest absolute Gasteiger partial charge is 0.243 e. The number of aromatic nitrogens is 1. The van der Waals surface area contributed by atoms with Gasteiger partial charge in [-0.05, 0) is 42.7 Å². The third-order valence-corrected chi connectivity index (χ3v) is 7.64. The number of likely N-dealkylation sites (tertiary alicyclic amines) is 1. The lowest BCUT2D eigenvalue weighted by molar-refractivity contribution is -0.114. The van der Waals surface area contributed by atoms with Crippen LogP contribution in [0.4, 0.5) is 0 Å². The molecule has 7 heteroatoms. The molecule has 0 saturated carbocycles. The third-order valence-electron chi connectivity index (χ3n) is 5.72. The fourth-order valence-corrected chi connectivity index (χ4v) is 5.69. The quantitative estimate of drug-likeness (QED) is 0.788. The van der Waals surface area contributed by atoms with E-state index in [1.54, 1.807) is 35.7 Å². The average molecular weight is 388 g/mol. The number of methoxy groups -OCH3 is 1. The van der Waals surface area contributed by atoms with Crippen molar-refractivity contribution < 1.29 is 13.2 Å². The van der Waals surface area contributed by atoms with E-state index in [4.69, 9.17) is 4.74 Å². The predicted molar refractivity (Wildman–Crippen MR) is 103 cm³/mol. The Kier molecular flexibility index (Phi) is 5.27. The van der Waals surface area contributed by atoms with Gasteiger partial charge in [-0.2, -0.15) is 4.31 Å². The molecule has 0 aliphatic carbocycles. The van der Waals surface area contributed by atoms with Crippen LogP contribution >= 0.6 is 0 Å². The van der Waals surface area contributed by atoms with Gasteiger partial charge >= 0.3 is 0 Å². The summed E-state index contributed by atoms with van der Waals surface area (Å²) in [4.78, 5) is 6.94. The van der Waals surface area contributed by atoms with E-state index in [9.17, 15) is 8.42 Å². The summed E-state index contributed by atoms with van der Waals surface area (Å²) in [6.45, 7) is 2.00. The highest BCUT2D eigenvalue weighted by molar-refractivity contribution is 7.89. The van der Waals surface area contributed by atoms with Crippen LogP contribution in [0.15, 0.2) is 59.8 Å². The van der Waals surface area contributed by atoms with Crippen LogP contribution in [0, 0.1) is 0 Å². The van der Waals surface area contributed by atoms with Crippen LogP contribution in [0.2, 0.25) is 0 Å². The van der Waals surface area contributed by atoms with E-state index in [1.807, 2.05) is 30.6 Å². The topological polar surface area (TPSA) is 62.7 Å². The Morgan fingerprint density at radius 2 is 1.70 bits per heavy atom. The van der Waals surface area contributed by atoms with E-state index >= 15 is 0 Å². The van der Waals surface area contributed by atoms with Crippen molar-refractivity contribution in [2.24, 2.45) is 0 Å². The maximum atomic E-state index is 12.8. The van der Waals surface area contributed by atoms with Gasteiger partial charge in [0.05, 0.1) is 17.0 Å². The Morgan fingerprint density at radius 1 is 1.04 bits per heavy atom. The van der Waals surface area contributed by atoms with Crippen molar-refractivity contribution in [3.8, 4) is 0 Å². The Hall–Kier alpha value is -1.80. The molecule has 2 fully saturated rings. The van der Waals surface area contributed by atoms with Gasteiger partial charge in [0.15, 0.2) is 0 Å². The molecule has 6 nitrogen and oxygen atoms in total. The van der Waals surface area contributed by atoms with E-state index in [2.05, 4.69) is 9.88 Å². The summed E-state index contributed by atoms with van der Waals surface area (Å²) in [6, 6.07) is 13.4. The second kappa shape index (κ2) is 7.67. The van der Waals surface area contributed by atoms with Crippen molar-refractivity contribution in [2.45, 2.75) is 35.9 Å². The molecule has 1 aromatic heterocycles. The average Bonchev–Trinajstić information content (AvgIpc) is 2.69. The highest BCUT2D eigenvalue weighted by atomic mass is 32.2. The number of sulfonamides is 1. The minimum absolute atomic E-state index is 0.179. The molecule has 2 aromatic rings. The van der Waals surface area contributed by atoms with Gasteiger partial charge in [-0.25, -0.2) is 8.42 Å². The molecule has 2 atom stereocenters. The van der Waals surface area contributed by atoms with Crippen LogP contribution < -0.4 is 0 Å². The number of nitrogens with zero attached hydrogens (tertiary/aromatic N) is 3. The SMILES string of the molecule is CO[C@H]1CN(C2CCN(S(=O)(=O)c3ccccc3)CC2)[C@H]1c1ccncc1. The second-order valence-corrected chi connectivity index (χ2v) is 9.08. The normalized spacial score (nSPS) is 25.2. The van der Waals surface area contributed by atoms with Gasteiger partial charge < -0.3 is 4.74 Å². The number of pyridine rings is 1. The lowest BCUT2D eigenvalue weighted by atomic mass is 9.87. The lowest BCUT2D eigenvalue weighted by Crippen LogP contribution is -2.60. The molecule has 0 amide bonds. The van der Waals surface area contributed by atoms with Crippen LogP contribution in [0.5, 0.6) is 0 Å². The fourth-order valence-electron chi connectivity index (χ4n) is 4.20. The maximum Gasteiger partial charge on any atom is 0.243 e. The van der Waals surface area contributed by atoms with Crippen LogP contribution in [-0.4, -0.2) is 61.5 Å². The molecule has 1 aromatic carbocycles. The zero-order valence-electron chi connectivity index (χ0n) is 15.4. The van der Waals surface area contributed by atoms with Gasteiger partial charge in [0.2, 0.25) is 10.0 Å². The number of benzene rings is 1. The van der Waals surface area contributed by atoms with Crippen molar-refractivity contribution in [2.75, 3.05) is 26.7 Å². The van der Waals surface area contributed by atoms with Crippen molar-refractivity contribution in [1.29, 1.82) is 0 Å². The molecular formula is C20H25N3O3S. The number of piperidine rings is 1. The number of hydrogen-bond donors (Lipinski definition) is 0. The lowest BCUT2D eigenvalue weighted by Gasteiger charge is -2.52. The number of ether oxygens (including phenoxy) is 1. The van der Waals surface area contributed by atoms with E-state index < -0.39 is 10.0 Å². The first-order valence-electron chi connectivity index (χ1n) is 9.35. The molecule has 0 spiro atoms. The minimum Gasteiger partial charge on any atom is -0.378 e. The molecule has 27 heavy (non-hydrogen) atoms. The zero-order valence-corrected chi connectivity index (χ0v) is 16.3. The molecule has 0 unspecified atom stereocenters. The van der Waals surface area contributed by atoms with Crippen LogP contribution in [0.25, 0.3) is 0 Å². The van der Waals surface area contributed by atoms with Gasteiger partial charge in [-0.3, -0.25) is 9.88 Å². The summed E-state index contributed by atoms with van der Waals surface area (Å²) in [5, 5.41) is 0. The van der Waals surface area contributed by atoms with Gasteiger partial charge in [-0.1, -0.05) is 18.2 Å². The van der Waals surface area contributed by atoms with Gasteiger partial charge in [-0.15, -0.1) is 0 Å². The van der Waals surface area contributed by atoms with Crippen molar-refractivity contribution in [1.82, 2.24) is 14.2 Å². The van der Waals surface area contributed by atoms with Crippen LogP contribution in [0.1, 0.15) is 24.4 Å². The Bertz CT molecular complexity index is 853. The summed E-state index contributed by atoms with van der Waals surface area (Å²) < 4.78 is 32.9. The van der Waals surface area contributed by atoms with E-state index in [-0.39, 0.29) is 12.1 Å². The highest BCUT2D eigenvalue weighted by Gasteiger charge is 2.45. The third kappa shape index (κ3) is 3.52. The molecule has 144 valence electrons. The van der Waals surface area contributed by atoms with Crippen molar-refractivity contribution in [3.63, 3.8) is 0 Å². The van der Waals surface area contributed by atoms with Gasteiger partial charge in [0.1, 0.15) is 0 Å². The van der Waals surface area contributed by atoms with Gasteiger partial charge in [0.25, 0.3) is 0 Å². The van der Waals surface area contributed by atoms with Crippen LogP contribution in [-0.2, 0) is 14.8 Å². The first-order chi connectivity index (χ1) is 13.1. The maximum absolute atomic E-state index is 12.8. The molecule has 0 bridgehead atoms. The zero-order chi connectivity index (χ0) is 18.9. The Morgan fingerprint density at radius 3 is 2.33 bits per heavy atom. The standard InChI is InChI=1S/C20H25N3O3S/c1-26-19-15-23(20(19)16-7-11-21-12-8-16)17-9-13-22(14-10-17)27(24,25)18-5-3-2-4-6-18/h2-8,11-12,17,19-20H,9-10,13-15H2,1H3/t19-,20-/m0/s1. The molecule has 3 heterocycles. The van der Waals surface area contributed by atoms with Gasteiger partial charge in [0, 0.05) is 45.2 Å². The summed E-state index contributed by atoms with van der Waals surface area (Å²) >= 11 is 0. The molecule has 0 radical (unpaired) electrons. The first kappa shape index (κ1) is 18.6. The molecule has 2 aliphatic heterocycles. The van der Waals surface area contributed by atoms with Crippen molar-refractivity contribution in [3.05, 3.63) is 60.4 Å². The van der Waals surface area contributed by atoms with E-state index in [0.717, 1.165) is 19.4 Å². The largest absolute Gasteiger partial charge is 0.378 e. The second-order valence-electron chi connectivity index (χ2n) is 7.14. The number of rotatable bonds is 5. The summed E-state index contributed by atoms with van der Waals surface area (Å²) in [7, 11) is -1.64. The molecule has 0 N–H and O–H groups in total.